The SMILES string of the molecule is C=CC(=O)Nc1cc(Nc2ncc(N(Cl)c3ccccc3P(C)(C)=O)cn2)c(OC)cc1N1CCC(N(C)C)CC1. The summed E-state index contributed by atoms with van der Waals surface area (Å²) in [5.41, 5.74) is 3.21. The van der Waals surface area contributed by atoms with Gasteiger partial charge in [-0.15, -0.1) is 0 Å². The Morgan fingerprint density at radius 3 is 2.39 bits per heavy atom. The third-order valence-corrected chi connectivity index (χ3v) is 9.00. The van der Waals surface area contributed by atoms with Crippen LogP contribution in [0, 0.1) is 0 Å². The molecule has 0 aliphatic carbocycles. The molecule has 218 valence electrons. The van der Waals surface area contributed by atoms with Crippen molar-refractivity contribution in [2.24, 2.45) is 0 Å². The molecule has 2 aromatic carbocycles. The minimum absolute atomic E-state index is 0.308. The number of rotatable bonds is 10. The molecule has 2 N–H and O–H groups in total. The first kappa shape index (κ1) is 30.4. The summed E-state index contributed by atoms with van der Waals surface area (Å²) in [6.45, 7) is 8.70. The minimum atomic E-state index is -2.57. The number of piperidine rings is 1. The minimum Gasteiger partial charge on any atom is -0.494 e. The van der Waals surface area contributed by atoms with Crippen molar-refractivity contribution in [1.82, 2.24) is 14.9 Å². The molecular weight excluding hydrogens is 561 g/mol. The Labute approximate surface area is 246 Å². The number of para-hydroxylation sites is 1. The molecule has 1 aromatic heterocycles. The summed E-state index contributed by atoms with van der Waals surface area (Å²) >= 11 is 6.64. The highest BCUT2D eigenvalue weighted by Crippen LogP contribution is 2.41. The fourth-order valence-corrected chi connectivity index (χ4v) is 6.30. The van der Waals surface area contributed by atoms with Crippen molar-refractivity contribution >= 4 is 64.5 Å². The van der Waals surface area contributed by atoms with E-state index in [9.17, 15) is 9.36 Å². The number of hydrogen-bond acceptors (Lipinski definition) is 9. The quantitative estimate of drug-likeness (QED) is 0.180. The lowest BCUT2D eigenvalue weighted by atomic mass is 10.0. The van der Waals surface area contributed by atoms with Gasteiger partial charge in [-0.3, -0.25) is 4.79 Å². The van der Waals surface area contributed by atoms with Crippen molar-refractivity contribution in [3.63, 3.8) is 0 Å². The van der Waals surface area contributed by atoms with E-state index in [1.165, 1.54) is 10.5 Å². The van der Waals surface area contributed by atoms with Crippen molar-refractivity contribution in [2.75, 3.05) is 67.6 Å². The Hall–Kier alpha value is -3.59. The van der Waals surface area contributed by atoms with Gasteiger partial charge in [-0.05, 0) is 64.5 Å². The molecule has 12 heteroatoms. The van der Waals surface area contributed by atoms with Gasteiger partial charge in [-0.25, -0.2) is 14.4 Å². The van der Waals surface area contributed by atoms with Crippen LogP contribution in [-0.2, 0) is 9.36 Å². The van der Waals surface area contributed by atoms with E-state index in [2.05, 4.69) is 51.1 Å². The van der Waals surface area contributed by atoms with E-state index in [4.69, 9.17) is 16.5 Å². The smallest absolute Gasteiger partial charge is 0.247 e. The molecule has 2 heterocycles. The zero-order valence-electron chi connectivity index (χ0n) is 24.1. The number of anilines is 6. The van der Waals surface area contributed by atoms with Gasteiger partial charge >= 0.3 is 0 Å². The molecule has 0 atom stereocenters. The third kappa shape index (κ3) is 7.19. The molecular formula is C29H37ClN7O3P. The molecule has 10 nitrogen and oxygen atoms in total. The highest BCUT2D eigenvalue weighted by atomic mass is 35.5. The van der Waals surface area contributed by atoms with Crippen molar-refractivity contribution in [2.45, 2.75) is 18.9 Å². The number of amides is 1. The summed E-state index contributed by atoms with van der Waals surface area (Å²) in [5.74, 6) is 0.577. The lowest BCUT2D eigenvalue weighted by Crippen LogP contribution is -2.42. The van der Waals surface area contributed by atoms with Crippen LogP contribution in [0.15, 0.2) is 61.4 Å². The molecule has 1 aliphatic heterocycles. The van der Waals surface area contributed by atoms with E-state index < -0.39 is 7.14 Å². The van der Waals surface area contributed by atoms with Crippen LogP contribution >= 0.6 is 18.9 Å². The Bertz CT molecular complexity index is 1440. The van der Waals surface area contributed by atoms with Gasteiger partial charge < -0.3 is 29.7 Å². The zero-order valence-corrected chi connectivity index (χ0v) is 25.7. The molecule has 1 fully saturated rings. The molecule has 0 spiro atoms. The standard InChI is InChI=1S/C29H37ClN7O3P/c1-7-28(38)33-22-16-23(26(40-4)17-25(22)36-14-12-20(13-15-36)35(2)3)34-29-31-18-21(19-32-29)37(30)24-10-8-9-11-27(24)41(5,6)39/h7-11,16-20H,1,12-15H2,2-6H3,(H,33,38)(H,31,32,34). The number of benzene rings is 2. The van der Waals surface area contributed by atoms with Crippen LogP contribution in [0.5, 0.6) is 5.75 Å². The van der Waals surface area contributed by atoms with Gasteiger partial charge in [0.05, 0.1) is 47.9 Å². The summed E-state index contributed by atoms with van der Waals surface area (Å²) in [4.78, 5) is 25.7. The first-order valence-electron chi connectivity index (χ1n) is 13.3. The van der Waals surface area contributed by atoms with Gasteiger partial charge in [0.2, 0.25) is 11.9 Å². The second-order valence-corrected chi connectivity index (χ2v) is 14.0. The fraction of sp³-hybridized carbons (Fsp3) is 0.345. The number of carbonyl (C=O) groups excluding carboxylic acids is 1. The molecule has 1 aliphatic rings. The van der Waals surface area contributed by atoms with Crippen LogP contribution in [0.25, 0.3) is 0 Å². The number of hydrogen-bond donors (Lipinski definition) is 2. The van der Waals surface area contributed by atoms with E-state index in [1.807, 2.05) is 36.4 Å². The summed E-state index contributed by atoms with van der Waals surface area (Å²) in [5, 5.41) is 6.80. The summed E-state index contributed by atoms with van der Waals surface area (Å²) in [6.07, 6.45) is 6.42. The highest BCUT2D eigenvalue weighted by molar-refractivity contribution is 7.70. The number of nitrogens with zero attached hydrogens (tertiary/aromatic N) is 5. The average molecular weight is 598 g/mol. The number of halogens is 1. The predicted molar refractivity (Wildman–Crippen MR) is 170 cm³/mol. The van der Waals surface area contributed by atoms with Crippen molar-refractivity contribution in [3.8, 4) is 5.75 Å². The summed E-state index contributed by atoms with van der Waals surface area (Å²) < 4.78 is 19.9. The number of ether oxygens (including phenoxy) is 1. The summed E-state index contributed by atoms with van der Waals surface area (Å²) in [7, 11) is 3.23. The topological polar surface area (TPSA) is 103 Å². The van der Waals surface area contributed by atoms with Crippen molar-refractivity contribution in [1.29, 1.82) is 0 Å². The first-order valence-corrected chi connectivity index (χ1v) is 16.2. The average Bonchev–Trinajstić information content (AvgIpc) is 2.97. The van der Waals surface area contributed by atoms with Gasteiger partial charge in [-0.2, -0.15) is 0 Å². The molecule has 0 unspecified atom stereocenters. The zero-order chi connectivity index (χ0) is 29.7. The Balaban J connectivity index is 1.60. The van der Waals surface area contributed by atoms with Crippen LogP contribution in [0.3, 0.4) is 0 Å². The molecule has 1 amide bonds. The lowest BCUT2D eigenvalue weighted by molar-refractivity contribution is -0.111. The summed E-state index contributed by atoms with van der Waals surface area (Å²) in [6, 6.07) is 11.5. The van der Waals surface area contributed by atoms with Crippen LogP contribution in [-0.4, -0.2) is 74.4 Å². The molecule has 41 heavy (non-hydrogen) atoms. The largest absolute Gasteiger partial charge is 0.494 e. The van der Waals surface area contributed by atoms with Crippen molar-refractivity contribution < 1.29 is 14.1 Å². The van der Waals surface area contributed by atoms with Gasteiger partial charge in [-0.1, -0.05) is 18.7 Å². The van der Waals surface area contributed by atoms with E-state index in [0.29, 0.717) is 45.8 Å². The van der Waals surface area contributed by atoms with E-state index >= 15 is 0 Å². The normalized spacial score (nSPS) is 14.1. The van der Waals surface area contributed by atoms with E-state index in [1.54, 1.807) is 32.8 Å². The van der Waals surface area contributed by atoms with E-state index in [0.717, 1.165) is 31.6 Å². The van der Waals surface area contributed by atoms with Crippen molar-refractivity contribution in [3.05, 3.63) is 61.4 Å². The molecule has 0 radical (unpaired) electrons. The fourth-order valence-electron chi connectivity index (χ4n) is 4.84. The van der Waals surface area contributed by atoms with Gasteiger partial charge in [0, 0.05) is 42.3 Å². The predicted octanol–water partition coefficient (Wildman–Crippen LogP) is 5.42. The monoisotopic (exact) mass is 597 g/mol. The second kappa shape index (κ2) is 12.9. The van der Waals surface area contributed by atoms with Crippen LogP contribution in [0.4, 0.5) is 34.4 Å². The molecule has 4 rings (SSSR count). The highest BCUT2D eigenvalue weighted by Gasteiger charge is 2.25. The Morgan fingerprint density at radius 2 is 1.80 bits per heavy atom. The maximum Gasteiger partial charge on any atom is 0.247 e. The first-order chi connectivity index (χ1) is 19.5. The molecule has 0 bridgehead atoms. The number of methoxy groups -OCH3 is 1. The van der Waals surface area contributed by atoms with E-state index in [-0.39, 0.29) is 5.91 Å². The number of nitrogens with one attached hydrogen (secondary N) is 2. The van der Waals surface area contributed by atoms with Crippen LogP contribution in [0.1, 0.15) is 12.8 Å². The van der Waals surface area contributed by atoms with Gasteiger partial charge in [0.15, 0.2) is 0 Å². The van der Waals surface area contributed by atoms with Crippen LogP contribution < -0.4 is 30.0 Å². The maximum atomic E-state index is 12.8. The number of aromatic nitrogens is 2. The molecule has 1 saturated heterocycles. The lowest BCUT2D eigenvalue weighted by Gasteiger charge is -2.37. The second-order valence-electron chi connectivity index (χ2n) is 10.5. The Kier molecular flexibility index (Phi) is 9.58. The van der Waals surface area contributed by atoms with Gasteiger partial charge in [0.1, 0.15) is 12.9 Å². The van der Waals surface area contributed by atoms with Crippen LogP contribution in [0.2, 0.25) is 0 Å². The van der Waals surface area contributed by atoms with Gasteiger partial charge in [0.25, 0.3) is 0 Å². The third-order valence-electron chi connectivity index (χ3n) is 7.08. The molecule has 0 saturated carbocycles. The molecule has 3 aromatic rings. The number of carbonyl (C=O) groups is 1. The maximum absolute atomic E-state index is 12.8. The Morgan fingerprint density at radius 1 is 1.15 bits per heavy atom.